The van der Waals surface area contributed by atoms with Gasteiger partial charge in [0.2, 0.25) is 10.0 Å². The number of rotatable bonds is 6. The van der Waals surface area contributed by atoms with Gasteiger partial charge in [0, 0.05) is 57.2 Å². The average Bonchev–Trinajstić information content (AvgIpc) is 3.11. The molecule has 1 amide bonds. The largest absolute Gasteiger partial charge is 0.379 e. The van der Waals surface area contributed by atoms with Crippen molar-refractivity contribution < 1.29 is 17.9 Å². The number of likely N-dealkylation sites (tertiary alicyclic amines) is 1. The smallest absolute Gasteiger partial charge is 0.255 e. The Hall–Kier alpha value is -1.55. The van der Waals surface area contributed by atoms with Crippen molar-refractivity contribution in [1.29, 1.82) is 0 Å². The second-order valence-electron chi connectivity index (χ2n) is 7.21. The van der Waals surface area contributed by atoms with Crippen LogP contribution in [0.15, 0.2) is 18.3 Å². The van der Waals surface area contributed by atoms with Gasteiger partial charge in [0.15, 0.2) is 0 Å². The van der Waals surface area contributed by atoms with Crippen molar-refractivity contribution in [2.24, 2.45) is 0 Å². The summed E-state index contributed by atoms with van der Waals surface area (Å²) in [5.41, 5.74) is 1.40. The van der Waals surface area contributed by atoms with E-state index in [9.17, 15) is 13.2 Å². The van der Waals surface area contributed by atoms with E-state index in [0.717, 1.165) is 18.8 Å². The first-order valence-corrected chi connectivity index (χ1v) is 11.2. The maximum atomic E-state index is 12.7. The van der Waals surface area contributed by atoms with Crippen LogP contribution < -0.4 is 0 Å². The molecule has 0 bridgehead atoms. The maximum absolute atomic E-state index is 12.7. The van der Waals surface area contributed by atoms with Crippen LogP contribution in [0.1, 0.15) is 22.5 Å². The molecular weight excluding hydrogens is 368 g/mol. The molecule has 2 aliphatic rings. The standard InChI is InChI=1S/C18H28N4O4S/c1-15-3-4-16(13-19-15)18(23)21-6-5-17(14-21)22(27(2,24)25)8-7-20-9-11-26-12-10-20/h3-4,13,17H,5-12,14H2,1-2H3. The highest BCUT2D eigenvalue weighted by Crippen LogP contribution is 2.20. The van der Waals surface area contributed by atoms with Gasteiger partial charge in [-0.1, -0.05) is 0 Å². The minimum atomic E-state index is -3.34. The first-order chi connectivity index (χ1) is 12.8. The van der Waals surface area contributed by atoms with E-state index in [4.69, 9.17) is 4.74 Å². The van der Waals surface area contributed by atoms with Crippen molar-refractivity contribution >= 4 is 15.9 Å². The van der Waals surface area contributed by atoms with E-state index in [0.29, 0.717) is 51.4 Å². The first kappa shape index (κ1) is 20.2. The van der Waals surface area contributed by atoms with E-state index < -0.39 is 10.0 Å². The van der Waals surface area contributed by atoms with Gasteiger partial charge in [-0.15, -0.1) is 0 Å². The normalized spacial score (nSPS) is 21.7. The SMILES string of the molecule is Cc1ccc(C(=O)N2CCC(N(CCN3CCOCC3)S(C)(=O)=O)C2)cn1. The number of sulfonamides is 1. The Morgan fingerprint density at radius 3 is 2.67 bits per heavy atom. The lowest BCUT2D eigenvalue weighted by Crippen LogP contribution is -2.47. The van der Waals surface area contributed by atoms with Gasteiger partial charge in [0.05, 0.1) is 25.0 Å². The molecule has 0 saturated carbocycles. The Labute approximate surface area is 161 Å². The van der Waals surface area contributed by atoms with Crippen LogP contribution in [0.25, 0.3) is 0 Å². The van der Waals surface area contributed by atoms with Crippen LogP contribution in [0.2, 0.25) is 0 Å². The number of carbonyl (C=O) groups is 1. The molecule has 1 aromatic rings. The molecule has 8 nitrogen and oxygen atoms in total. The molecule has 3 heterocycles. The highest BCUT2D eigenvalue weighted by atomic mass is 32.2. The zero-order valence-electron chi connectivity index (χ0n) is 16.0. The van der Waals surface area contributed by atoms with Crippen molar-refractivity contribution in [3.05, 3.63) is 29.6 Å². The molecule has 2 fully saturated rings. The number of carbonyl (C=O) groups excluding carboxylic acids is 1. The fourth-order valence-corrected chi connectivity index (χ4v) is 4.75. The Morgan fingerprint density at radius 1 is 1.30 bits per heavy atom. The van der Waals surface area contributed by atoms with Gasteiger partial charge in [-0.2, -0.15) is 4.31 Å². The third-order valence-electron chi connectivity index (χ3n) is 5.18. The summed E-state index contributed by atoms with van der Waals surface area (Å²) in [6.45, 7) is 7.01. The van der Waals surface area contributed by atoms with Crippen LogP contribution in [0.3, 0.4) is 0 Å². The molecule has 1 atom stereocenters. The van der Waals surface area contributed by atoms with E-state index in [1.165, 1.54) is 6.26 Å². The Morgan fingerprint density at radius 2 is 2.04 bits per heavy atom. The molecule has 27 heavy (non-hydrogen) atoms. The van der Waals surface area contributed by atoms with Crippen LogP contribution in [-0.4, -0.2) is 98.2 Å². The molecule has 2 aliphatic heterocycles. The number of hydrogen-bond donors (Lipinski definition) is 0. The van der Waals surface area contributed by atoms with Crippen LogP contribution in [0.5, 0.6) is 0 Å². The summed E-state index contributed by atoms with van der Waals surface area (Å²) in [5.74, 6) is -0.0911. The molecule has 0 spiro atoms. The summed E-state index contributed by atoms with van der Waals surface area (Å²) >= 11 is 0. The third-order valence-corrected chi connectivity index (χ3v) is 6.52. The fraction of sp³-hybridized carbons (Fsp3) is 0.667. The number of amides is 1. The zero-order valence-corrected chi connectivity index (χ0v) is 16.8. The number of aryl methyl sites for hydroxylation is 1. The fourth-order valence-electron chi connectivity index (χ4n) is 3.62. The van der Waals surface area contributed by atoms with Crippen LogP contribution in [0, 0.1) is 6.92 Å². The Kier molecular flexibility index (Phi) is 6.46. The lowest BCUT2D eigenvalue weighted by Gasteiger charge is -2.31. The number of aromatic nitrogens is 1. The van der Waals surface area contributed by atoms with Crippen molar-refractivity contribution in [2.75, 3.05) is 58.7 Å². The number of hydrogen-bond acceptors (Lipinski definition) is 6. The topological polar surface area (TPSA) is 83.1 Å². The van der Waals surface area contributed by atoms with E-state index >= 15 is 0 Å². The number of pyridine rings is 1. The van der Waals surface area contributed by atoms with E-state index in [1.54, 1.807) is 21.5 Å². The molecule has 0 aromatic carbocycles. The van der Waals surface area contributed by atoms with E-state index in [1.807, 2.05) is 13.0 Å². The van der Waals surface area contributed by atoms with Crippen LogP contribution in [0.4, 0.5) is 0 Å². The monoisotopic (exact) mass is 396 g/mol. The molecular formula is C18H28N4O4S. The van der Waals surface area contributed by atoms with Crippen LogP contribution in [-0.2, 0) is 14.8 Å². The van der Waals surface area contributed by atoms with E-state index in [2.05, 4.69) is 9.88 Å². The minimum absolute atomic E-state index is 0.0911. The summed E-state index contributed by atoms with van der Waals surface area (Å²) in [5, 5.41) is 0. The Balaban J connectivity index is 1.62. The van der Waals surface area contributed by atoms with Gasteiger partial charge in [-0.05, 0) is 25.5 Å². The summed E-state index contributed by atoms with van der Waals surface area (Å²) in [6, 6.07) is 3.40. The quantitative estimate of drug-likeness (QED) is 0.683. The average molecular weight is 397 g/mol. The number of nitrogens with zero attached hydrogens (tertiary/aromatic N) is 4. The van der Waals surface area contributed by atoms with Crippen LogP contribution >= 0.6 is 0 Å². The molecule has 3 rings (SSSR count). The molecule has 1 aromatic heterocycles. The summed E-state index contributed by atoms with van der Waals surface area (Å²) in [4.78, 5) is 20.8. The van der Waals surface area contributed by atoms with Crippen molar-refractivity contribution in [3.63, 3.8) is 0 Å². The molecule has 0 radical (unpaired) electrons. The van der Waals surface area contributed by atoms with Gasteiger partial charge in [-0.3, -0.25) is 14.7 Å². The van der Waals surface area contributed by atoms with Gasteiger partial charge in [-0.25, -0.2) is 8.42 Å². The molecule has 9 heteroatoms. The first-order valence-electron chi connectivity index (χ1n) is 9.33. The predicted octanol–water partition coefficient (Wildman–Crippen LogP) is 0.198. The molecule has 0 N–H and O–H groups in total. The molecule has 2 saturated heterocycles. The lowest BCUT2D eigenvalue weighted by molar-refractivity contribution is 0.0353. The minimum Gasteiger partial charge on any atom is -0.379 e. The molecule has 150 valence electrons. The highest BCUT2D eigenvalue weighted by Gasteiger charge is 2.35. The highest BCUT2D eigenvalue weighted by molar-refractivity contribution is 7.88. The third kappa shape index (κ3) is 5.25. The van der Waals surface area contributed by atoms with E-state index in [-0.39, 0.29) is 11.9 Å². The van der Waals surface area contributed by atoms with Gasteiger partial charge >= 0.3 is 0 Å². The molecule has 0 aliphatic carbocycles. The summed E-state index contributed by atoms with van der Waals surface area (Å²) in [7, 11) is -3.34. The molecule has 1 unspecified atom stereocenters. The van der Waals surface area contributed by atoms with Gasteiger partial charge in [0.1, 0.15) is 0 Å². The second-order valence-corrected chi connectivity index (χ2v) is 9.14. The predicted molar refractivity (Wildman–Crippen MR) is 102 cm³/mol. The van der Waals surface area contributed by atoms with Crippen molar-refractivity contribution in [1.82, 2.24) is 19.1 Å². The van der Waals surface area contributed by atoms with Gasteiger partial charge in [0.25, 0.3) is 5.91 Å². The lowest BCUT2D eigenvalue weighted by atomic mass is 10.2. The van der Waals surface area contributed by atoms with Crippen molar-refractivity contribution in [3.8, 4) is 0 Å². The summed E-state index contributed by atoms with van der Waals surface area (Å²) in [6.07, 6.45) is 3.49. The van der Waals surface area contributed by atoms with Gasteiger partial charge < -0.3 is 9.64 Å². The summed E-state index contributed by atoms with van der Waals surface area (Å²) < 4.78 is 31.6. The van der Waals surface area contributed by atoms with Crippen molar-refractivity contribution in [2.45, 2.75) is 19.4 Å². The maximum Gasteiger partial charge on any atom is 0.255 e. The zero-order chi connectivity index (χ0) is 19.4. The second kappa shape index (κ2) is 8.64. The number of ether oxygens (including phenoxy) is 1. The number of morpholine rings is 1. The Bertz CT molecular complexity index is 747.